The van der Waals surface area contributed by atoms with Crippen LogP contribution < -0.4 is 0 Å². The fraction of sp³-hybridized carbons (Fsp3) is 0.400. The van der Waals surface area contributed by atoms with Gasteiger partial charge in [-0.15, -0.1) is 0 Å². The van der Waals surface area contributed by atoms with Crippen LogP contribution in [0.3, 0.4) is 0 Å². The number of hydrogen-bond donors (Lipinski definition) is 1. The van der Waals surface area contributed by atoms with Crippen LogP contribution >= 0.6 is 11.6 Å². The van der Waals surface area contributed by atoms with Gasteiger partial charge in [0.2, 0.25) is 10.0 Å². The molecule has 19 heavy (non-hydrogen) atoms. The molecule has 0 saturated carbocycles. The van der Waals surface area contributed by atoms with E-state index in [2.05, 4.69) is 0 Å². The first-order valence-electron chi connectivity index (χ1n) is 5.44. The topological polar surface area (TPSA) is 101 Å². The summed E-state index contributed by atoms with van der Waals surface area (Å²) in [6, 6.07) is 3.40. The minimum absolute atomic E-state index is 0.0535. The molecule has 2 rings (SSSR count). The molecule has 1 aromatic rings. The van der Waals surface area contributed by atoms with E-state index in [1.807, 2.05) is 0 Å². The van der Waals surface area contributed by atoms with E-state index in [4.69, 9.17) is 11.6 Å². The third-order valence-electron chi connectivity index (χ3n) is 2.86. The average Bonchev–Trinajstić information content (AvgIpc) is 2.76. The molecule has 1 saturated heterocycles. The van der Waals surface area contributed by atoms with E-state index >= 15 is 0 Å². The molecule has 0 aliphatic carbocycles. The number of halogens is 1. The van der Waals surface area contributed by atoms with Crippen molar-refractivity contribution in [1.29, 1.82) is 0 Å². The molecule has 0 aromatic heterocycles. The molecule has 7 nitrogen and oxygen atoms in total. The van der Waals surface area contributed by atoms with Crippen molar-refractivity contribution in [3.05, 3.63) is 33.3 Å². The zero-order valence-electron chi connectivity index (χ0n) is 9.69. The molecule has 1 atom stereocenters. The lowest BCUT2D eigenvalue weighted by Gasteiger charge is -2.15. The summed E-state index contributed by atoms with van der Waals surface area (Å²) in [6.45, 7) is 0.0887. The molecular weight excluding hydrogens is 296 g/mol. The summed E-state index contributed by atoms with van der Waals surface area (Å²) >= 11 is 5.64. The Balaban J connectivity index is 2.49. The summed E-state index contributed by atoms with van der Waals surface area (Å²) in [7, 11) is -3.99. The van der Waals surface area contributed by atoms with E-state index in [1.54, 1.807) is 0 Å². The van der Waals surface area contributed by atoms with Crippen LogP contribution in [0.25, 0.3) is 0 Å². The highest BCUT2D eigenvalue weighted by atomic mass is 35.5. The van der Waals surface area contributed by atoms with Gasteiger partial charge in [0.25, 0.3) is 5.69 Å². The van der Waals surface area contributed by atoms with Gasteiger partial charge in [-0.3, -0.25) is 10.1 Å². The number of aliphatic hydroxyl groups is 1. The molecule has 1 N–H and O–H groups in total. The number of hydrogen-bond acceptors (Lipinski definition) is 5. The Hall–Kier alpha value is -1.22. The van der Waals surface area contributed by atoms with Crippen molar-refractivity contribution in [2.24, 2.45) is 0 Å². The van der Waals surface area contributed by atoms with Crippen LogP contribution in [0.15, 0.2) is 23.1 Å². The van der Waals surface area contributed by atoms with E-state index < -0.39 is 31.6 Å². The van der Waals surface area contributed by atoms with Crippen LogP contribution in [0.4, 0.5) is 5.69 Å². The Morgan fingerprint density at radius 2 is 2.16 bits per heavy atom. The average molecular weight is 307 g/mol. The van der Waals surface area contributed by atoms with Gasteiger partial charge in [-0.2, -0.15) is 4.31 Å². The van der Waals surface area contributed by atoms with Crippen molar-refractivity contribution in [2.45, 2.75) is 17.4 Å². The third kappa shape index (κ3) is 2.71. The Labute approximate surface area is 114 Å². The smallest absolute Gasteiger partial charge is 0.290 e. The van der Waals surface area contributed by atoms with Crippen molar-refractivity contribution in [3.8, 4) is 0 Å². The normalized spacial score (nSPS) is 20.6. The van der Waals surface area contributed by atoms with Crippen molar-refractivity contribution < 1.29 is 18.4 Å². The minimum Gasteiger partial charge on any atom is -0.392 e. The van der Waals surface area contributed by atoms with E-state index in [1.165, 1.54) is 6.07 Å². The molecular formula is C10H11ClN2O5S. The number of rotatable bonds is 3. The number of benzene rings is 1. The largest absolute Gasteiger partial charge is 0.392 e. The molecule has 0 unspecified atom stereocenters. The standard InChI is InChI=1S/C10H11ClN2O5S/c11-7-1-2-10(9(5-7)13(15)16)19(17,18)12-4-3-8(14)6-12/h1-2,5,8,14H,3-4,6H2/t8-/m0/s1. The van der Waals surface area contributed by atoms with E-state index in [9.17, 15) is 23.6 Å². The fourth-order valence-corrected chi connectivity index (χ4v) is 3.72. The molecule has 9 heteroatoms. The van der Waals surface area contributed by atoms with Crippen molar-refractivity contribution in [2.75, 3.05) is 13.1 Å². The molecule has 0 amide bonds. The number of nitro benzene ring substituents is 1. The number of nitrogens with zero attached hydrogens (tertiary/aromatic N) is 2. The van der Waals surface area contributed by atoms with Crippen molar-refractivity contribution >= 4 is 27.3 Å². The first kappa shape index (κ1) is 14.2. The van der Waals surface area contributed by atoms with Gasteiger partial charge in [-0.1, -0.05) is 11.6 Å². The predicted octanol–water partition coefficient (Wildman–Crippen LogP) is 1.00. The Morgan fingerprint density at radius 3 is 2.68 bits per heavy atom. The Kier molecular flexibility index (Phi) is 3.77. The van der Waals surface area contributed by atoms with E-state index in [0.29, 0.717) is 6.42 Å². The van der Waals surface area contributed by atoms with Crippen LogP contribution in [0.1, 0.15) is 6.42 Å². The first-order chi connectivity index (χ1) is 8.82. The van der Waals surface area contributed by atoms with Gasteiger partial charge < -0.3 is 5.11 Å². The lowest BCUT2D eigenvalue weighted by atomic mass is 10.3. The molecule has 0 spiro atoms. The summed E-state index contributed by atoms with van der Waals surface area (Å²) in [5, 5.41) is 20.4. The van der Waals surface area contributed by atoms with E-state index in [0.717, 1.165) is 16.4 Å². The fourth-order valence-electron chi connectivity index (χ4n) is 1.92. The van der Waals surface area contributed by atoms with Crippen molar-refractivity contribution in [1.82, 2.24) is 4.31 Å². The Bertz CT molecular complexity index is 618. The van der Waals surface area contributed by atoms with Gasteiger partial charge in [0.1, 0.15) is 0 Å². The molecule has 1 aromatic carbocycles. The van der Waals surface area contributed by atoms with Crippen LogP contribution in [-0.4, -0.2) is 41.9 Å². The molecule has 1 aliphatic rings. The van der Waals surface area contributed by atoms with Gasteiger partial charge in [-0.25, -0.2) is 8.42 Å². The summed E-state index contributed by atoms with van der Waals surface area (Å²) in [5.74, 6) is 0. The van der Waals surface area contributed by atoms with Gasteiger partial charge in [0.05, 0.1) is 11.0 Å². The summed E-state index contributed by atoms with van der Waals surface area (Å²) in [4.78, 5) is 9.72. The van der Waals surface area contributed by atoms with Crippen LogP contribution in [-0.2, 0) is 10.0 Å². The summed E-state index contributed by atoms with van der Waals surface area (Å²) < 4.78 is 25.6. The molecule has 1 aliphatic heterocycles. The number of β-amino-alcohol motifs (C(OH)–C–C–N with tert-alkyl or cyclic N) is 1. The van der Waals surface area contributed by atoms with Gasteiger partial charge in [0, 0.05) is 24.2 Å². The Morgan fingerprint density at radius 1 is 1.47 bits per heavy atom. The van der Waals surface area contributed by atoms with Gasteiger partial charge in [0.15, 0.2) is 4.90 Å². The lowest BCUT2D eigenvalue weighted by Crippen LogP contribution is -2.30. The molecule has 1 heterocycles. The molecule has 1 fully saturated rings. The second-order valence-corrected chi connectivity index (χ2v) is 6.52. The summed E-state index contributed by atoms with van der Waals surface area (Å²) in [6.07, 6.45) is -0.415. The predicted molar refractivity (Wildman–Crippen MR) is 67.5 cm³/mol. The maximum Gasteiger partial charge on any atom is 0.290 e. The zero-order valence-corrected chi connectivity index (χ0v) is 11.3. The first-order valence-corrected chi connectivity index (χ1v) is 7.26. The van der Waals surface area contributed by atoms with E-state index in [-0.39, 0.29) is 18.1 Å². The SMILES string of the molecule is O=[N+]([O-])c1cc(Cl)ccc1S(=O)(=O)N1CC[C@H](O)C1. The molecule has 0 bridgehead atoms. The number of sulfonamides is 1. The quantitative estimate of drug-likeness (QED) is 0.663. The van der Waals surface area contributed by atoms with Crippen LogP contribution in [0, 0.1) is 10.1 Å². The molecule has 104 valence electrons. The highest BCUT2D eigenvalue weighted by Gasteiger charge is 2.35. The molecule has 0 radical (unpaired) electrons. The second-order valence-electron chi connectivity index (χ2n) is 4.17. The zero-order chi connectivity index (χ0) is 14.2. The number of nitro groups is 1. The lowest BCUT2D eigenvalue weighted by molar-refractivity contribution is -0.387. The minimum atomic E-state index is -3.99. The maximum absolute atomic E-state index is 12.3. The van der Waals surface area contributed by atoms with Gasteiger partial charge in [-0.05, 0) is 18.6 Å². The third-order valence-corrected chi connectivity index (χ3v) is 5.01. The van der Waals surface area contributed by atoms with Crippen LogP contribution in [0.2, 0.25) is 5.02 Å². The maximum atomic E-state index is 12.3. The highest BCUT2D eigenvalue weighted by molar-refractivity contribution is 7.89. The number of aliphatic hydroxyl groups excluding tert-OH is 1. The highest BCUT2D eigenvalue weighted by Crippen LogP contribution is 2.30. The summed E-state index contributed by atoms with van der Waals surface area (Å²) in [5.41, 5.74) is -0.561. The van der Waals surface area contributed by atoms with Gasteiger partial charge >= 0.3 is 0 Å². The monoisotopic (exact) mass is 306 g/mol. The van der Waals surface area contributed by atoms with Crippen molar-refractivity contribution in [3.63, 3.8) is 0 Å². The second kappa shape index (κ2) is 5.04. The van der Waals surface area contributed by atoms with Crippen LogP contribution in [0.5, 0.6) is 0 Å².